The van der Waals surface area contributed by atoms with Gasteiger partial charge < -0.3 is 21.1 Å². The van der Waals surface area contributed by atoms with Crippen LogP contribution in [0.1, 0.15) is 23.2 Å². The van der Waals surface area contributed by atoms with Crippen molar-refractivity contribution in [3.05, 3.63) is 23.8 Å². The highest BCUT2D eigenvalue weighted by Gasteiger charge is 2.15. The zero-order valence-electron chi connectivity index (χ0n) is 11.2. The lowest BCUT2D eigenvalue weighted by atomic mass is 10.0. The number of nitrogen functional groups attached to an aromatic ring is 1. The smallest absolute Gasteiger partial charge is 0.253 e. The molecule has 5 nitrogen and oxygen atoms in total. The van der Waals surface area contributed by atoms with Gasteiger partial charge in [0, 0.05) is 31.6 Å². The number of ether oxygens (including phenoxy) is 1. The molecule has 0 bridgehead atoms. The first-order valence-electron chi connectivity index (χ1n) is 6.64. The molecule has 1 aromatic carbocycles. The van der Waals surface area contributed by atoms with Crippen molar-refractivity contribution in [2.75, 3.05) is 37.9 Å². The van der Waals surface area contributed by atoms with Gasteiger partial charge in [-0.05, 0) is 37.0 Å². The number of nitrogens with one attached hydrogen (secondary N) is 2. The summed E-state index contributed by atoms with van der Waals surface area (Å²) in [5, 5.41) is 5.95. The van der Waals surface area contributed by atoms with Gasteiger partial charge in [0.05, 0.1) is 12.2 Å². The third kappa shape index (κ3) is 3.61. The molecule has 0 aliphatic carbocycles. The maximum atomic E-state index is 11.8. The van der Waals surface area contributed by atoms with Gasteiger partial charge >= 0.3 is 0 Å². The summed E-state index contributed by atoms with van der Waals surface area (Å²) in [6.07, 6.45) is 2.26. The first kappa shape index (κ1) is 13.7. The Morgan fingerprint density at radius 3 is 3.05 bits per heavy atom. The van der Waals surface area contributed by atoms with E-state index >= 15 is 0 Å². The fourth-order valence-corrected chi connectivity index (χ4v) is 2.26. The molecule has 0 radical (unpaired) electrons. The summed E-state index contributed by atoms with van der Waals surface area (Å²) < 4.78 is 5.45. The van der Waals surface area contributed by atoms with Crippen LogP contribution in [0.15, 0.2) is 18.2 Å². The molecule has 2 rings (SSSR count). The molecule has 4 N–H and O–H groups in total. The molecular weight excluding hydrogens is 242 g/mol. The fraction of sp³-hybridized carbons (Fsp3) is 0.500. The van der Waals surface area contributed by atoms with Crippen molar-refractivity contribution >= 4 is 17.3 Å². The van der Waals surface area contributed by atoms with E-state index in [4.69, 9.17) is 10.5 Å². The summed E-state index contributed by atoms with van der Waals surface area (Å²) in [4.78, 5) is 11.8. The van der Waals surface area contributed by atoms with Crippen molar-refractivity contribution < 1.29 is 9.53 Å². The van der Waals surface area contributed by atoms with Gasteiger partial charge in [-0.2, -0.15) is 0 Å². The van der Waals surface area contributed by atoms with Crippen molar-refractivity contribution in [2.45, 2.75) is 12.8 Å². The molecule has 5 heteroatoms. The molecule has 0 aromatic heterocycles. The van der Waals surface area contributed by atoms with Crippen LogP contribution in [-0.4, -0.2) is 32.7 Å². The second-order valence-corrected chi connectivity index (χ2v) is 4.85. The molecule has 1 aliphatic rings. The van der Waals surface area contributed by atoms with E-state index in [0.717, 1.165) is 38.3 Å². The van der Waals surface area contributed by atoms with Crippen molar-refractivity contribution in [2.24, 2.45) is 5.92 Å². The first-order valence-corrected chi connectivity index (χ1v) is 6.64. The highest BCUT2D eigenvalue weighted by Crippen LogP contribution is 2.21. The lowest BCUT2D eigenvalue weighted by Gasteiger charge is -2.23. The number of hydrogen-bond donors (Lipinski definition) is 3. The predicted octanol–water partition coefficient (Wildman–Crippen LogP) is 1.47. The molecule has 104 valence electrons. The van der Waals surface area contributed by atoms with Gasteiger partial charge in [-0.1, -0.05) is 0 Å². The molecule has 1 heterocycles. The van der Waals surface area contributed by atoms with E-state index in [1.807, 2.05) is 0 Å². The Bertz CT molecular complexity index is 442. The molecule has 1 atom stereocenters. The number of carbonyl (C=O) groups excluding carboxylic acids is 1. The minimum absolute atomic E-state index is 0.109. The number of rotatable bonds is 4. The molecule has 19 heavy (non-hydrogen) atoms. The average Bonchev–Trinajstić information content (AvgIpc) is 2.45. The quantitative estimate of drug-likeness (QED) is 0.719. The molecule has 1 amide bonds. The molecule has 0 spiro atoms. The predicted molar refractivity (Wildman–Crippen MR) is 76.3 cm³/mol. The lowest BCUT2D eigenvalue weighted by molar-refractivity contribution is 0.0595. The standard InChI is InChI=1S/C14H21N3O2/c1-16-14(18)12-5-4-11(15)7-13(12)17-8-10-3-2-6-19-9-10/h4-5,7,10,17H,2-3,6,8-9,15H2,1H3,(H,16,18). The van der Waals surface area contributed by atoms with E-state index < -0.39 is 0 Å². The SMILES string of the molecule is CNC(=O)c1ccc(N)cc1NCC1CCCOC1. The summed E-state index contributed by atoms with van der Waals surface area (Å²) in [5.41, 5.74) is 7.83. The molecule has 0 saturated carbocycles. The van der Waals surface area contributed by atoms with Crippen LogP contribution in [0.4, 0.5) is 11.4 Å². The van der Waals surface area contributed by atoms with E-state index in [0.29, 0.717) is 17.2 Å². The van der Waals surface area contributed by atoms with E-state index in [9.17, 15) is 4.79 Å². The van der Waals surface area contributed by atoms with Crippen molar-refractivity contribution in [3.63, 3.8) is 0 Å². The number of anilines is 2. The topological polar surface area (TPSA) is 76.4 Å². The Morgan fingerprint density at radius 2 is 2.37 bits per heavy atom. The minimum Gasteiger partial charge on any atom is -0.399 e. The monoisotopic (exact) mass is 263 g/mol. The van der Waals surface area contributed by atoms with Gasteiger partial charge in [0.1, 0.15) is 0 Å². The molecule has 1 aromatic rings. The number of benzene rings is 1. The third-order valence-electron chi connectivity index (χ3n) is 3.35. The van der Waals surface area contributed by atoms with Crippen LogP contribution in [0.2, 0.25) is 0 Å². The number of hydrogen-bond acceptors (Lipinski definition) is 4. The Hall–Kier alpha value is -1.75. The van der Waals surface area contributed by atoms with Crippen LogP contribution in [0.5, 0.6) is 0 Å². The molecule has 1 fully saturated rings. The van der Waals surface area contributed by atoms with Crippen molar-refractivity contribution in [1.29, 1.82) is 0 Å². The van der Waals surface area contributed by atoms with Gasteiger partial charge in [0.25, 0.3) is 5.91 Å². The molecular formula is C14H21N3O2. The van der Waals surface area contributed by atoms with E-state index in [1.54, 1.807) is 25.2 Å². The van der Waals surface area contributed by atoms with Gasteiger partial charge in [0.15, 0.2) is 0 Å². The fourth-order valence-electron chi connectivity index (χ4n) is 2.26. The van der Waals surface area contributed by atoms with Gasteiger partial charge in [-0.15, -0.1) is 0 Å². The maximum Gasteiger partial charge on any atom is 0.253 e. The first-order chi connectivity index (χ1) is 9.20. The van der Waals surface area contributed by atoms with Crippen LogP contribution in [0.3, 0.4) is 0 Å². The average molecular weight is 263 g/mol. The Morgan fingerprint density at radius 1 is 1.53 bits per heavy atom. The Balaban J connectivity index is 2.05. The van der Waals surface area contributed by atoms with Gasteiger partial charge in [-0.25, -0.2) is 0 Å². The molecule has 1 aliphatic heterocycles. The maximum absolute atomic E-state index is 11.8. The van der Waals surface area contributed by atoms with Crippen LogP contribution in [-0.2, 0) is 4.74 Å². The van der Waals surface area contributed by atoms with Gasteiger partial charge in [0.2, 0.25) is 0 Å². The highest BCUT2D eigenvalue weighted by molar-refractivity contribution is 6.00. The zero-order valence-corrected chi connectivity index (χ0v) is 11.2. The normalized spacial score (nSPS) is 18.9. The summed E-state index contributed by atoms with van der Waals surface area (Å²) >= 11 is 0. The van der Waals surface area contributed by atoms with Crippen LogP contribution < -0.4 is 16.4 Å². The minimum atomic E-state index is -0.109. The Labute approximate surface area is 113 Å². The summed E-state index contributed by atoms with van der Waals surface area (Å²) in [7, 11) is 1.62. The van der Waals surface area contributed by atoms with Crippen LogP contribution in [0, 0.1) is 5.92 Å². The van der Waals surface area contributed by atoms with Crippen molar-refractivity contribution in [3.8, 4) is 0 Å². The highest BCUT2D eigenvalue weighted by atomic mass is 16.5. The zero-order chi connectivity index (χ0) is 13.7. The lowest BCUT2D eigenvalue weighted by Crippen LogP contribution is -2.26. The van der Waals surface area contributed by atoms with E-state index in [2.05, 4.69) is 10.6 Å². The van der Waals surface area contributed by atoms with Crippen molar-refractivity contribution in [1.82, 2.24) is 5.32 Å². The van der Waals surface area contributed by atoms with E-state index in [1.165, 1.54) is 0 Å². The van der Waals surface area contributed by atoms with Crippen LogP contribution >= 0.6 is 0 Å². The largest absolute Gasteiger partial charge is 0.399 e. The summed E-state index contributed by atoms with van der Waals surface area (Å²) in [6, 6.07) is 5.28. The second kappa shape index (κ2) is 6.43. The number of amides is 1. The third-order valence-corrected chi connectivity index (χ3v) is 3.35. The number of carbonyl (C=O) groups is 1. The molecule has 1 saturated heterocycles. The number of nitrogens with two attached hydrogens (primary N) is 1. The Kier molecular flexibility index (Phi) is 4.63. The van der Waals surface area contributed by atoms with Gasteiger partial charge in [-0.3, -0.25) is 4.79 Å². The second-order valence-electron chi connectivity index (χ2n) is 4.85. The summed E-state index contributed by atoms with van der Waals surface area (Å²) in [5.74, 6) is 0.384. The molecule has 1 unspecified atom stereocenters. The summed E-state index contributed by atoms with van der Waals surface area (Å²) in [6.45, 7) is 2.44. The van der Waals surface area contributed by atoms with Crippen LogP contribution in [0.25, 0.3) is 0 Å². The van der Waals surface area contributed by atoms with E-state index in [-0.39, 0.29) is 5.91 Å².